The molecule has 1 aromatic rings. The molecule has 0 radical (unpaired) electrons. The highest BCUT2D eigenvalue weighted by atomic mass is 127. The number of hydrogen-bond donors (Lipinski definition) is 0. The summed E-state index contributed by atoms with van der Waals surface area (Å²) in [7, 11) is 0. The van der Waals surface area contributed by atoms with Gasteiger partial charge in [0.1, 0.15) is 12.1 Å². The van der Waals surface area contributed by atoms with Gasteiger partial charge in [0, 0.05) is 9.49 Å². The van der Waals surface area contributed by atoms with E-state index in [9.17, 15) is 28.3 Å². The zero-order valence-electron chi connectivity index (χ0n) is 13.8. The number of carbonyl (C=O) groups excluding carboxylic acids is 3. The first kappa shape index (κ1) is 18.6. The maximum Gasteiger partial charge on any atom is 0.327 e. The second-order valence-corrected chi connectivity index (χ2v) is 8.45. The SMILES string of the molecule is O=C(OC(c1ccc(I)cc1)C(F)(F)C(=O)[O-])C1C2CC3OC(=O)C1C3C2. The molecule has 3 fully saturated rings. The molecule has 6 atom stereocenters. The topological polar surface area (TPSA) is 92.7 Å². The highest BCUT2D eigenvalue weighted by Gasteiger charge is 2.65. The monoisotopic (exact) mass is 491 g/mol. The van der Waals surface area contributed by atoms with Crippen LogP contribution in [-0.4, -0.2) is 29.9 Å². The van der Waals surface area contributed by atoms with Crippen molar-refractivity contribution in [2.45, 2.75) is 31.0 Å². The molecule has 1 heterocycles. The molecule has 6 nitrogen and oxygen atoms in total. The maximum absolute atomic E-state index is 14.3. The first-order valence-corrected chi connectivity index (χ1v) is 9.53. The maximum atomic E-state index is 14.3. The third kappa shape index (κ3) is 2.90. The molecular weight excluding hydrogens is 477 g/mol. The van der Waals surface area contributed by atoms with Crippen LogP contribution >= 0.6 is 22.6 Å². The van der Waals surface area contributed by atoms with Gasteiger partial charge in [0.15, 0.2) is 6.10 Å². The molecule has 0 N–H and O–H groups in total. The summed E-state index contributed by atoms with van der Waals surface area (Å²) in [5.41, 5.74) is -0.159. The average Bonchev–Trinajstić information content (AvgIpc) is 3.22. The van der Waals surface area contributed by atoms with Crippen LogP contribution in [0.15, 0.2) is 24.3 Å². The van der Waals surface area contributed by atoms with Crippen molar-refractivity contribution in [2.75, 3.05) is 0 Å². The van der Waals surface area contributed by atoms with E-state index in [0.717, 1.165) is 3.57 Å². The highest BCUT2D eigenvalue weighted by Crippen LogP contribution is 2.58. The number of fused-ring (bicyclic) bond motifs is 1. The van der Waals surface area contributed by atoms with E-state index in [1.807, 2.05) is 22.6 Å². The van der Waals surface area contributed by atoms with E-state index in [2.05, 4.69) is 0 Å². The van der Waals surface area contributed by atoms with Gasteiger partial charge < -0.3 is 19.4 Å². The van der Waals surface area contributed by atoms with Crippen LogP contribution in [0.1, 0.15) is 24.5 Å². The molecule has 1 aromatic carbocycles. The van der Waals surface area contributed by atoms with Crippen LogP contribution in [0.25, 0.3) is 0 Å². The van der Waals surface area contributed by atoms with Crippen LogP contribution in [0.2, 0.25) is 0 Å². The van der Waals surface area contributed by atoms with E-state index < -0.39 is 41.8 Å². The Balaban J connectivity index is 1.62. The van der Waals surface area contributed by atoms with E-state index in [0.29, 0.717) is 12.8 Å². The molecule has 0 amide bonds. The molecule has 4 rings (SSSR count). The Hall–Kier alpha value is -1.78. The molecule has 144 valence electrons. The van der Waals surface area contributed by atoms with Gasteiger partial charge in [-0.1, -0.05) is 12.1 Å². The lowest BCUT2D eigenvalue weighted by Gasteiger charge is -2.30. The number of carboxylic acids is 1. The fraction of sp³-hybridized carbons (Fsp3) is 0.500. The highest BCUT2D eigenvalue weighted by molar-refractivity contribution is 14.1. The largest absolute Gasteiger partial charge is 0.544 e. The number of carboxylic acid groups (broad SMARTS) is 1. The predicted molar refractivity (Wildman–Crippen MR) is 91.0 cm³/mol. The fourth-order valence-electron chi connectivity index (χ4n) is 4.62. The Morgan fingerprint density at radius 2 is 1.93 bits per heavy atom. The molecule has 1 aliphatic heterocycles. The quantitative estimate of drug-likeness (QED) is 0.458. The fourth-order valence-corrected chi connectivity index (χ4v) is 4.98. The van der Waals surface area contributed by atoms with Gasteiger partial charge in [-0.15, -0.1) is 0 Å². The first-order chi connectivity index (χ1) is 12.7. The van der Waals surface area contributed by atoms with Gasteiger partial charge in [0.25, 0.3) is 0 Å². The van der Waals surface area contributed by atoms with Crippen molar-refractivity contribution in [1.29, 1.82) is 0 Å². The van der Waals surface area contributed by atoms with Crippen LogP contribution in [0.4, 0.5) is 8.78 Å². The van der Waals surface area contributed by atoms with Crippen LogP contribution in [0.3, 0.4) is 0 Å². The number of rotatable bonds is 5. The lowest BCUT2D eigenvalue weighted by atomic mass is 9.80. The summed E-state index contributed by atoms with van der Waals surface area (Å²) in [5, 5.41) is 11.0. The normalized spacial score (nSPS) is 32.3. The zero-order valence-corrected chi connectivity index (χ0v) is 15.9. The summed E-state index contributed by atoms with van der Waals surface area (Å²) < 4.78 is 39.5. The predicted octanol–water partition coefficient (Wildman–Crippen LogP) is 1.46. The van der Waals surface area contributed by atoms with Crippen LogP contribution in [0, 0.1) is 27.2 Å². The number of hydrogen-bond acceptors (Lipinski definition) is 6. The molecule has 0 spiro atoms. The molecule has 2 aliphatic carbocycles. The van der Waals surface area contributed by atoms with E-state index >= 15 is 0 Å². The second kappa shape index (κ2) is 6.39. The van der Waals surface area contributed by atoms with Gasteiger partial charge in [-0.2, -0.15) is 8.78 Å². The van der Waals surface area contributed by atoms with Gasteiger partial charge in [-0.05, 0) is 59.0 Å². The second-order valence-electron chi connectivity index (χ2n) is 7.20. The van der Waals surface area contributed by atoms with Gasteiger partial charge in [-0.25, -0.2) is 0 Å². The molecule has 2 bridgehead atoms. The molecule has 1 saturated heterocycles. The molecule has 3 aliphatic rings. The lowest BCUT2D eigenvalue weighted by molar-refractivity contribution is -0.337. The molecular formula is C18H14F2IO6-. The smallest absolute Gasteiger partial charge is 0.327 e. The first-order valence-electron chi connectivity index (χ1n) is 8.46. The van der Waals surface area contributed by atoms with Gasteiger partial charge in [0.05, 0.1) is 11.8 Å². The van der Waals surface area contributed by atoms with Crippen molar-refractivity contribution in [3.63, 3.8) is 0 Å². The Bertz CT molecular complexity index is 809. The molecule has 27 heavy (non-hydrogen) atoms. The summed E-state index contributed by atoms with van der Waals surface area (Å²) in [4.78, 5) is 35.7. The Morgan fingerprint density at radius 3 is 2.56 bits per heavy atom. The number of benzene rings is 1. The Morgan fingerprint density at radius 1 is 1.26 bits per heavy atom. The third-order valence-electron chi connectivity index (χ3n) is 5.76. The summed E-state index contributed by atoms with van der Waals surface area (Å²) >= 11 is 1.96. The Labute approximate surface area is 166 Å². The zero-order chi connectivity index (χ0) is 19.5. The standard InChI is InChI=1S/C18H15F2IO6/c19-18(20,17(24)25)14(7-1-3-9(21)4-2-7)27-15(22)12-8-5-10-11(6-8)26-16(23)13(10)12/h1-4,8,10-14H,5-6H2,(H,24,25)/p-1. The minimum absolute atomic E-state index is 0.0987. The summed E-state index contributed by atoms with van der Waals surface area (Å²) in [6.45, 7) is 0. The van der Waals surface area contributed by atoms with Crippen LogP contribution < -0.4 is 5.11 Å². The van der Waals surface area contributed by atoms with Crippen LogP contribution in [0.5, 0.6) is 0 Å². The van der Waals surface area contributed by atoms with Gasteiger partial charge in [0.2, 0.25) is 0 Å². The lowest BCUT2D eigenvalue weighted by Crippen LogP contribution is -2.48. The van der Waals surface area contributed by atoms with Crippen molar-refractivity contribution in [2.24, 2.45) is 23.7 Å². The average molecular weight is 491 g/mol. The van der Waals surface area contributed by atoms with Crippen molar-refractivity contribution in [3.8, 4) is 0 Å². The number of alkyl halides is 2. The van der Waals surface area contributed by atoms with E-state index in [1.165, 1.54) is 24.3 Å². The minimum atomic E-state index is -4.42. The van der Waals surface area contributed by atoms with Gasteiger partial charge >= 0.3 is 17.9 Å². The molecule has 2 saturated carbocycles. The number of carbonyl (C=O) groups is 3. The Kier molecular flexibility index (Phi) is 4.39. The van der Waals surface area contributed by atoms with Crippen molar-refractivity contribution < 1.29 is 37.7 Å². The summed E-state index contributed by atoms with van der Waals surface area (Å²) in [6, 6.07) is 5.55. The van der Waals surface area contributed by atoms with E-state index in [1.54, 1.807) is 0 Å². The van der Waals surface area contributed by atoms with Crippen molar-refractivity contribution >= 4 is 40.5 Å². The number of aliphatic carboxylic acids is 1. The van der Waals surface area contributed by atoms with E-state index in [4.69, 9.17) is 9.47 Å². The van der Waals surface area contributed by atoms with Crippen molar-refractivity contribution in [3.05, 3.63) is 33.4 Å². The molecule has 9 heteroatoms. The third-order valence-corrected chi connectivity index (χ3v) is 6.48. The molecule has 0 aromatic heterocycles. The molecule has 6 unspecified atom stereocenters. The number of halogens is 3. The number of esters is 2. The van der Waals surface area contributed by atoms with Crippen molar-refractivity contribution in [1.82, 2.24) is 0 Å². The summed E-state index contributed by atoms with van der Waals surface area (Å²) in [5.74, 6) is -10.4. The summed E-state index contributed by atoms with van der Waals surface area (Å²) in [6.07, 6.45) is -1.45. The van der Waals surface area contributed by atoms with Gasteiger partial charge in [-0.3, -0.25) is 9.59 Å². The van der Waals surface area contributed by atoms with E-state index in [-0.39, 0.29) is 23.5 Å². The van der Waals surface area contributed by atoms with Crippen LogP contribution in [-0.2, 0) is 23.9 Å². The minimum Gasteiger partial charge on any atom is -0.544 e. The number of ether oxygens (including phenoxy) is 2.